The number of nitrogens with zero attached hydrogens (tertiary/aromatic N) is 1. The van der Waals surface area contributed by atoms with Crippen molar-refractivity contribution < 1.29 is 13.6 Å². The molecule has 0 radical (unpaired) electrons. The zero-order valence-corrected chi connectivity index (χ0v) is 17.3. The van der Waals surface area contributed by atoms with Gasteiger partial charge in [0.25, 0.3) is 0 Å². The zero-order chi connectivity index (χ0) is 21.9. The maximum Gasteiger partial charge on any atom is 0.221 e. The van der Waals surface area contributed by atoms with Gasteiger partial charge in [0, 0.05) is 13.0 Å². The predicted molar refractivity (Wildman–Crippen MR) is 123 cm³/mol. The molecule has 4 aromatic carbocycles. The average molecular weight is 424 g/mol. The minimum Gasteiger partial charge on any atom is -0.440 e. The van der Waals surface area contributed by atoms with Crippen LogP contribution in [0.25, 0.3) is 21.9 Å². The Kier molecular flexibility index (Phi) is 5.38. The van der Waals surface area contributed by atoms with Gasteiger partial charge < -0.3 is 9.73 Å². The van der Waals surface area contributed by atoms with Gasteiger partial charge in [-0.25, -0.2) is 9.37 Å². The molecule has 1 aromatic heterocycles. The van der Waals surface area contributed by atoms with Crippen LogP contribution in [0.2, 0.25) is 0 Å². The van der Waals surface area contributed by atoms with Crippen molar-refractivity contribution in [3.8, 4) is 0 Å². The van der Waals surface area contributed by atoms with Gasteiger partial charge >= 0.3 is 0 Å². The van der Waals surface area contributed by atoms with E-state index < -0.39 is 5.92 Å². The maximum atomic E-state index is 13.5. The second-order valence-electron chi connectivity index (χ2n) is 7.74. The molecule has 4 nitrogen and oxygen atoms in total. The van der Waals surface area contributed by atoms with Crippen LogP contribution in [0.15, 0.2) is 95.4 Å². The molecule has 5 aromatic rings. The number of hydrogen-bond donors (Lipinski definition) is 1. The molecular formula is C27H21FN2O2. The molecule has 158 valence electrons. The highest BCUT2D eigenvalue weighted by Gasteiger charge is 2.24. The smallest absolute Gasteiger partial charge is 0.221 e. The van der Waals surface area contributed by atoms with Crippen molar-refractivity contribution >= 4 is 27.8 Å². The molecule has 0 fully saturated rings. The van der Waals surface area contributed by atoms with E-state index in [-0.39, 0.29) is 18.1 Å². The number of halogens is 1. The Bertz CT molecular complexity index is 1350. The first-order valence-electron chi connectivity index (χ1n) is 10.5. The molecule has 32 heavy (non-hydrogen) atoms. The van der Waals surface area contributed by atoms with E-state index in [4.69, 9.17) is 4.42 Å². The average Bonchev–Trinajstić information content (AvgIpc) is 3.26. The third-order valence-electron chi connectivity index (χ3n) is 5.63. The minimum atomic E-state index is -0.421. The van der Waals surface area contributed by atoms with E-state index in [1.54, 1.807) is 12.1 Å². The maximum absolute atomic E-state index is 13.5. The number of hydrogen-bond acceptors (Lipinski definition) is 3. The molecule has 0 saturated heterocycles. The van der Waals surface area contributed by atoms with E-state index in [0.29, 0.717) is 18.0 Å². The molecule has 0 spiro atoms. The standard InChI is InChI=1S/C27H21FN2O2/c28-21-14-12-19(13-15-21)23(27-30-24-10-3-4-11-25(24)32-27)16-26(31)29-17-20-8-5-7-18-6-1-2-9-22(18)20/h1-15,23H,16-17H2,(H,29,31). The fourth-order valence-electron chi connectivity index (χ4n) is 3.98. The quantitative estimate of drug-likeness (QED) is 0.366. The van der Waals surface area contributed by atoms with Crippen LogP contribution < -0.4 is 5.32 Å². The van der Waals surface area contributed by atoms with Gasteiger partial charge in [0.15, 0.2) is 5.58 Å². The summed E-state index contributed by atoms with van der Waals surface area (Å²) in [5, 5.41) is 5.27. The lowest BCUT2D eigenvalue weighted by Gasteiger charge is -2.15. The minimum absolute atomic E-state index is 0.130. The van der Waals surface area contributed by atoms with Gasteiger partial charge in [-0.15, -0.1) is 0 Å². The SMILES string of the molecule is O=C(CC(c1ccc(F)cc1)c1nc2ccccc2o1)NCc1cccc2ccccc12. The number of benzene rings is 4. The first-order chi connectivity index (χ1) is 15.7. The summed E-state index contributed by atoms with van der Waals surface area (Å²) in [6.45, 7) is 0.421. The highest BCUT2D eigenvalue weighted by atomic mass is 19.1. The molecular weight excluding hydrogens is 403 g/mol. The second-order valence-corrected chi connectivity index (χ2v) is 7.74. The van der Waals surface area contributed by atoms with E-state index in [0.717, 1.165) is 27.4 Å². The summed E-state index contributed by atoms with van der Waals surface area (Å²) in [6.07, 6.45) is 0.142. The first-order valence-corrected chi connectivity index (χ1v) is 10.5. The molecule has 0 saturated carbocycles. The fourth-order valence-corrected chi connectivity index (χ4v) is 3.98. The first kappa shape index (κ1) is 19.9. The van der Waals surface area contributed by atoms with Crippen molar-refractivity contribution in [1.82, 2.24) is 10.3 Å². The molecule has 0 aliphatic carbocycles. The molecule has 1 heterocycles. The van der Waals surface area contributed by atoms with E-state index in [2.05, 4.69) is 28.5 Å². The molecule has 0 aliphatic rings. The molecule has 5 rings (SSSR count). The van der Waals surface area contributed by atoms with Crippen molar-refractivity contribution in [2.24, 2.45) is 0 Å². The summed E-state index contributed by atoms with van der Waals surface area (Å²) in [5.41, 5.74) is 3.21. The van der Waals surface area contributed by atoms with E-state index >= 15 is 0 Å². The number of oxazole rings is 1. The lowest BCUT2D eigenvalue weighted by atomic mass is 9.95. The largest absolute Gasteiger partial charge is 0.440 e. The number of carbonyl (C=O) groups excluding carboxylic acids is 1. The molecule has 1 amide bonds. The summed E-state index contributed by atoms with van der Waals surface area (Å²) >= 11 is 0. The van der Waals surface area contributed by atoms with Crippen molar-refractivity contribution in [2.75, 3.05) is 0 Å². The molecule has 1 unspecified atom stereocenters. The Morgan fingerprint density at radius 1 is 0.906 bits per heavy atom. The van der Waals surface area contributed by atoms with Crippen molar-refractivity contribution in [3.05, 3.63) is 114 Å². The lowest BCUT2D eigenvalue weighted by molar-refractivity contribution is -0.121. The zero-order valence-electron chi connectivity index (χ0n) is 17.3. The summed E-state index contributed by atoms with van der Waals surface area (Å²) in [7, 11) is 0. The van der Waals surface area contributed by atoms with Crippen LogP contribution in [0.5, 0.6) is 0 Å². The number of carbonyl (C=O) groups is 1. The van der Waals surface area contributed by atoms with Gasteiger partial charge in [0.1, 0.15) is 11.3 Å². The Balaban J connectivity index is 1.39. The van der Waals surface area contributed by atoms with Crippen LogP contribution in [-0.4, -0.2) is 10.9 Å². The molecule has 0 bridgehead atoms. The van der Waals surface area contributed by atoms with Gasteiger partial charge in [0.2, 0.25) is 11.8 Å². The third-order valence-corrected chi connectivity index (χ3v) is 5.63. The molecule has 1 atom stereocenters. The van der Waals surface area contributed by atoms with Crippen LogP contribution in [0.1, 0.15) is 29.4 Å². The van der Waals surface area contributed by atoms with E-state index in [9.17, 15) is 9.18 Å². The Morgan fingerprint density at radius 2 is 1.66 bits per heavy atom. The monoisotopic (exact) mass is 424 g/mol. The Labute approximate surface area is 184 Å². The van der Waals surface area contributed by atoms with Crippen molar-refractivity contribution in [3.63, 3.8) is 0 Å². The number of nitrogens with one attached hydrogen (secondary N) is 1. The van der Waals surface area contributed by atoms with Crippen LogP contribution in [0.4, 0.5) is 4.39 Å². The summed E-state index contributed by atoms with van der Waals surface area (Å²) in [5.74, 6) is -0.436. The molecule has 5 heteroatoms. The molecule has 0 aliphatic heterocycles. The van der Waals surface area contributed by atoms with Crippen molar-refractivity contribution in [1.29, 1.82) is 0 Å². The van der Waals surface area contributed by atoms with E-state index in [1.807, 2.05) is 48.5 Å². The Morgan fingerprint density at radius 3 is 2.50 bits per heavy atom. The van der Waals surface area contributed by atoms with Gasteiger partial charge in [0.05, 0.1) is 5.92 Å². The summed E-state index contributed by atoms with van der Waals surface area (Å²) in [6, 6.07) is 27.7. The number of rotatable bonds is 6. The number of aromatic nitrogens is 1. The highest BCUT2D eigenvalue weighted by Crippen LogP contribution is 2.30. The van der Waals surface area contributed by atoms with Crippen LogP contribution in [-0.2, 0) is 11.3 Å². The van der Waals surface area contributed by atoms with Gasteiger partial charge in [-0.3, -0.25) is 4.79 Å². The van der Waals surface area contributed by atoms with Gasteiger partial charge in [-0.2, -0.15) is 0 Å². The predicted octanol–water partition coefficient (Wildman–Crippen LogP) is 5.96. The van der Waals surface area contributed by atoms with E-state index in [1.165, 1.54) is 12.1 Å². The van der Waals surface area contributed by atoms with Crippen molar-refractivity contribution in [2.45, 2.75) is 18.9 Å². The lowest BCUT2D eigenvalue weighted by Crippen LogP contribution is -2.25. The number of amides is 1. The van der Waals surface area contributed by atoms with Crippen LogP contribution in [0, 0.1) is 5.82 Å². The second kappa shape index (κ2) is 8.63. The third kappa shape index (κ3) is 4.10. The fraction of sp³-hybridized carbons (Fsp3) is 0.111. The number of para-hydroxylation sites is 2. The van der Waals surface area contributed by atoms with Gasteiger partial charge in [-0.1, -0.05) is 66.7 Å². The van der Waals surface area contributed by atoms with Crippen LogP contribution in [0.3, 0.4) is 0 Å². The topological polar surface area (TPSA) is 55.1 Å². The number of fused-ring (bicyclic) bond motifs is 2. The normalized spacial score (nSPS) is 12.2. The van der Waals surface area contributed by atoms with Gasteiger partial charge in [-0.05, 0) is 46.2 Å². The Hall–Kier alpha value is -3.99. The van der Waals surface area contributed by atoms with Crippen LogP contribution >= 0.6 is 0 Å². The summed E-state index contributed by atoms with van der Waals surface area (Å²) < 4.78 is 19.5. The summed E-state index contributed by atoms with van der Waals surface area (Å²) in [4.78, 5) is 17.5. The molecule has 1 N–H and O–H groups in total. The highest BCUT2D eigenvalue weighted by molar-refractivity contribution is 5.86.